The number of halogens is 3. The maximum Gasteiger partial charge on any atom is 0.573 e. The number of alkyl halides is 3. The van der Waals surface area contributed by atoms with Crippen LogP contribution in [0.25, 0.3) is 10.6 Å². The van der Waals surface area contributed by atoms with Crippen LogP contribution in [0.5, 0.6) is 5.75 Å². The van der Waals surface area contributed by atoms with Crippen molar-refractivity contribution >= 4 is 22.7 Å². The van der Waals surface area contributed by atoms with Gasteiger partial charge in [0.25, 0.3) is 0 Å². The third-order valence-corrected chi connectivity index (χ3v) is 4.88. The number of ether oxygens (including phenoxy) is 1. The van der Waals surface area contributed by atoms with E-state index in [1.807, 2.05) is 6.92 Å². The van der Waals surface area contributed by atoms with Crippen LogP contribution in [0.4, 0.5) is 18.9 Å². The predicted molar refractivity (Wildman–Crippen MR) is 102 cm³/mol. The maximum atomic E-state index is 13.1. The van der Waals surface area contributed by atoms with Crippen LogP contribution >= 0.6 is 11.3 Å². The molecule has 1 atom stereocenters. The first-order valence-corrected chi connectivity index (χ1v) is 9.61. The molecule has 0 radical (unpaired) electrons. The van der Waals surface area contributed by atoms with Crippen molar-refractivity contribution in [2.24, 2.45) is 4.99 Å². The number of hydrogen-bond donors (Lipinski definition) is 1. The van der Waals surface area contributed by atoms with Crippen LogP contribution in [0.2, 0.25) is 0 Å². The number of aliphatic hydroxyl groups excluding tert-OH is 1. The lowest BCUT2D eigenvalue weighted by molar-refractivity contribution is -0.274. The largest absolute Gasteiger partial charge is 0.573 e. The SMILES string of the molecule is CCCC(C)=Nc1c(C)c(-c2nccs2)cc(C(O)CC)c1OC(F)(F)F. The maximum absolute atomic E-state index is 13.1. The summed E-state index contributed by atoms with van der Waals surface area (Å²) < 4.78 is 43.6. The topological polar surface area (TPSA) is 54.7 Å². The number of aromatic nitrogens is 1. The Kier molecular flexibility index (Phi) is 7.00. The van der Waals surface area contributed by atoms with Crippen LogP contribution in [-0.2, 0) is 0 Å². The molecule has 0 saturated carbocycles. The second-order valence-corrected chi connectivity index (χ2v) is 7.12. The first-order valence-electron chi connectivity index (χ1n) is 8.73. The zero-order valence-electron chi connectivity index (χ0n) is 15.7. The fourth-order valence-electron chi connectivity index (χ4n) is 2.78. The van der Waals surface area contributed by atoms with Gasteiger partial charge in [-0.2, -0.15) is 0 Å². The molecule has 1 aromatic heterocycles. The smallest absolute Gasteiger partial charge is 0.403 e. The normalized spacial score (nSPS) is 13.7. The Hall–Kier alpha value is -1.93. The lowest BCUT2D eigenvalue weighted by atomic mass is 9.97. The highest BCUT2D eigenvalue weighted by Gasteiger charge is 2.35. The van der Waals surface area contributed by atoms with E-state index in [4.69, 9.17) is 0 Å². The molecular formula is C19H23F3N2O2S. The zero-order valence-corrected chi connectivity index (χ0v) is 16.5. The number of thiazole rings is 1. The van der Waals surface area contributed by atoms with Crippen molar-refractivity contribution in [3.63, 3.8) is 0 Å². The monoisotopic (exact) mass is 400 g/mol. The minimum Gasteiger partial charge on any atom is -0.403 e. The van der Waals surface area contributed by atoms with Crippen molar-refractivity contribution in [1.82, 2.24) is 4.98 Å². The average Bonchev–Trinajstić information content (AvgIpc) is 3.11. The highest BCUT2D eigenvalue weighted by atomic mass is 32.1. The van der Waals surface area contributed by atoms with E-state index in [1.54, 1.807) is 32.3 Å². The van der Waals surface area contributed by atoms with Crippen LogP contribution in [0.15, 0.2) is 22.6 Å². The number of aliphatic imine (C=N–C) groups is 1. The second kappa shape index (κ2) is 8.84. The molecule has 4 nitrogen and oxygen atoms in total. The third-order valence-electron chi connectivity index (χ3n) is 4.08. The van der Waals surface area contributed by atoms with Crippen molar-refractivity contribution in [1.29, 1.82) is 0 Å². The Balaban J connectivity index is 2.81. The van der Waals surface area contributed by atoms with Gasteiger partial charge < -0.3 is 9.84 Å². The lowest BCUT2D eigenvalue weighted by Crippen LogP contribution is -2.19. The standard InChI is InChI=1S/C19H23F3N2O2S/c1-5-7-11(3)24-16-12(4)13(18-23-8-9-27-18)10-14(15(25)6-2)17(16)26-19(20,21)22/h8-10,15,25H,5-7H2,1-4H3. The van der Waals surface area contributed by atoms with Crippen LogP contribution in [-0.4, -0.2) is 22.2 Å². The van der Waals surface area contributed by atoms with Gasteiger partial charge in [0.15, 0.2) is 5.75 Å². The van der Waals surface area contributed by atoms with Crippen LogP contribution in [0.3, 0.4) is 0 Å². The Labute approximate surface area is 160 Å². The van der Waals surface area contributed by atoms with E-state index in [0.717, 1.165) is 6.42 Å². The molecule has 8 heteroatoms. The number of hydrogen-bond acceptors (Lipinski definition) is 5. The number of benzene rings is 1. The summed E-state index contributed by atoms with van der Waals surface area (Å²) in [6.45, 7) is 7.12. The summed E-state index contributed by atoms with van der Waals surface area (Å²) in [5, 5.41) is 12.8. The van der Waals surface area contributed by atoms with Crippen LogP contribution in [0.1, 0.15) is 57.3 Å². The van der Waals surface area contributed by atoms with Crippen molar-refractivity contribution < 1.29 is 23.0 Å². The van der Waals surface area contributed by atoms with E-state index < -0.39 is 18.2 Å². The van der Waals surface area contributed by atoms with Gasteiger partial charge in [0.05, 0.1) is 6.10 Å². The molecular weight excluding hydrogens is 377 g/mol. The van der Waals surface area contributed by atoms with Gasteiger partial charge in [-0.25, -0.2) is 4.98 Å². The van der Waals surface area contributed by atoms with E-state index >= 15 is 0 Å². The molecule has 0 amide bonds. The quantitative estimate of drug-likeness (QED) is 0.551. The summed E-state index contributed by atoms with van der Waals surface area (Å²) in [4.78, 5) is 8.70. The van der Waals surface area contributed by atoms with Gasteiger partial charge in [-0.15, -0.1) is 24.5 Å². The van der Waals surface area contributed by atoms with Crippen molar-refractivity contribution in [2.45, 2.75) is 59.4 Å². The first-order chi connectivity index (χ1) is 12.7. The van der Waals surface area contributed by atoms with E-state index in [1.165, 1.54) is 17.4 Å². The molecule has 0 aliphatic carbocycles. The van der Waals surface area contributed by atoms with Crippen LogP contribution in [0, 0.1) is 6.92 Å². The molecule has 2 rings (SSSR count). The van der Waals surface area contributed by atoms with Crippen molar-refractivity contribution in [3.8, 4) is 16.3 Å². The molecule has 1 unspecified atom stereocenters. The molecule has 0 aliphatic rings. The van der Waals surface area contributed by atoms with E-state index in [9.17, 15) is 18.3 Å². The van der Waals surface area contributed by atoms with Gasteiger partial charge in [0.2, 0.25) is 0 Å². The Morgan fingerprint density at radius 3 is 2.59 bits per heavy atom. The van der Waals surface area contributed by atoms with E-state index in [2.05, 4.69) is 14.7 Å². The van der Waals surface area contributed by atoms with Crippen molar-refractivity contribution in [3.05, 3.63) is 28.8 Å². The molecule has 0 saturated heterocycles. The molecule has 0 fully saturated rings. The second-order valence-electron chi connectivity index (χ2n) is 6.22. The number of nitrogens with zero attached hydrogens (tertiary/aromatic N) is 2. The molecule has 0 bridgehead atoms. The Bertz CT molecular complexity index is 802. The zero-order chi connectivity index (χ0) is 20.2. The van der Waals surface area contributed by atoms with Crippen LogP contribution < -0.4 is 4.74 Å². The lowest BCUT2D eigenvalue weighted by Gasteiger charge is -2.21. The van der Waals surface area contributed by atoms with E-state index in [0.29, 0.717) is 28.3 Å². The molecule has 27 heavy (non-hydrogen) atoms. The molecule has 1 aromatic carbocycles. The van der Waals surface area contributed by atoms with Gasteiger partial charge in [-0.3, -0.25) is 4.99 Å². The summed E-state index contributed by atoms with van der Waals surface area (Å²) in [6.07, 6.45) is -2.66. The third kappa shape index (κ3) is 5.29. The summed E-state index contributed by atoms with van der Waals surface area (Å²) in [5.74, 6) is -0.440. The van der Waals surface area contributed by atoms with Gasteiger partial charge in [0, 0.05) is 28.4 Å². The summed E-state index contributed by atoms with van der Waals surface area (Å²) in [5.41, 5.74) is 2.03. The van der Waals surface area contributed by atoms with E-state index in [-0.39, 0.29) is 17.7 Å². The summed E-state index contributed by atoms with van der Waals surface area (Å²) in [6, 6.07) is 1.53. The van der Waals surface area contributed by atoms with Gasteiger partial charge >= 0.3 is 6.36 Å². The number of aliphatic hydroxyl groups is 1. The van der Waals surface area contributed by atoms with Gasteiger partial charge in [-0.05, 0) is 38.3 Å². The molecule has 0 aliphatic heterocycles. The minimum absolute atomic E-state index is 0.0636. The summed E-state index contributed by atoms with van der Waals surface area (Å²) >= 11 is 1.37. The Morgan fingerprint density at radius 2 is 2.07 bits per heavy atom. The highest BCUT2D eigenvalue weighted by molar-refractivity contribution is 7.13. The highest BCUT2D eigenvalue weighted by Crippen LogP contribution is 2.46. The average molecular weight is 400 g/mol. The van der Waals surface area contributed by atoms with Gasteiger partial charge in [0.1, 0.15) is 10.7 Å². The van der Waals surface area contributed by atoms with Gasteiger partial charge in [-0.1, -0.05) is 20.3 Å². The molecule has 1 N–H and O–H groups in total. The fraction of sp³-hybridized carbons (Fsp3) is 0.474. The molecule has 148 valence electrons. The Morgan fingerprint density at radius 1 is 1.37 bits per heavy atom. The van der Waals surface area contributed by atoms with Crippen molar-refractivity contribution in [2.75, 3.05) is 0 Å². The molecule has 0 spiro atoms. The summed E-state index contributed by atoms with van der Waals surface area (Å²) in [7, 11) is 0. The predicted octanol–water partition coefficient (Wildman–Crippen LogP) is 6.35. The molecule has 2 aromatic rings. The minimum atomic E-state index is -4.89. The molecule has 1 heterocycles. The fourth-order valence-corrected chi connectivity index (χ4v) is 3.49. The number of rotatable bonds is 7. The first kappa shape index (κ1) is 21.4.